The third-order valence-electron chi connectivity index (χ3n) is 1.24. The molecule has 0 rings (SSSR count). The number of ketones is 1. The molecule has 0 amide bonds. The molecular weight excluding hydrogens is 180 g/mol. The van der Waals surface area contributed by atoms with Crippen LogP contribution < -0.4 is 0 Å². The molecule has 68 valence electrons. The van der Waals surface area contributed by atoms with Crippen LogP contribution in [0.1, 0.15) is 13.3 Å². The van der Waals surface area contributed by atoms with Gasteiger partial charge in [-0.25, -0.2) is 0 Å². The van der Waals surface area contributed by atoms with Gasteiger partial charge in [-0.2, -0.15) is 0 Å². The van der Waals surface area contributed by atoms with Crippen molar-refractivity contribution in [2.24, 2.45) is 0 Å². The summed E-state index contributed by atoms with van der Waals surface area (Å²) >= 11 is 0.909. The van der Waals surface area contributed by atoms with Gasteiger partial charge in [0.25, 0.3) is 6.47 Å². The maximum atomic E-state index is 10.8. The summed E-state index contributed by atoms with van der Waals surface area (Å²) < 4.78 is 4.40. The fraction of sp³-hybridized carbons (Fsp3) is 0.571. The van der Waals surface area contributed by atoms with E-state index in [4.69, 9.17) is 0 Å². The molecule has 0 heterocycles. The molecule has 0 aliphatic rings. The Balaban J connectivity index is 3.70. The number of thioether (sulfide) groups is 1. The van der Waals surface area contributed by atoms with Gasteiger partial charge in [0.1, 0.15) is 5.78 Å². The third-order valence-corrected chi connectivity index (χ3v) is 2.25. The third kappa shape index (κ3) is 4.90. The lowest BCUT2D eigenvalue weighted by atomic mass is 10.2. The lowest BCUT2D eigenvalue weighted by Crippen LogP contribution is -2.16. The summed E-state index contributed by atoms with van der Waals surface area (Å²) in [4.78, 5) is 30.6. The maximum Gasteiger partial charge on any atom is 0.293 e. The highest BCUT2D eigenvalue weighted by Crippen LogP contribution is 2.12. The van der Waals surface area contributed by atoms with E-state index >= 15 is 0 Å². The second-order valence-electron chi connectivity index (χ2n) is 2.09. The van der Waals surface area contributed by atoms with Crippen molar-refractivity contribution in [3.8, 4) is 0 Å². The van der Waals surface area contributed by atoms with Gasteiger partial charge < -0.3 is 4.74 Å². The van der Waals surface area contributed by atoms with Gasteiger partial charge in [-0.05, 0) is 6.92 Å². The fourth-order valence-electron chi connectivity index (χ4n) is 0.657. The lowest BCUT2D eigenvalue weighted by Gasteiger charge is -2.07. The smallest absolute Gasteiger partial charge is 0.293 e. The Morgan fingerprint density at radius 3 is 2.67 bits per heavy atom. The molecule has 0 saturated heterocycles. The molecule has 0 aromatic carbocycles. The highest BCUT2D eigenvalue weighted by molar-refractivity contribution is 8.13. The number of ether oxygens (including phenoxy) is 1. The van der Waals surface area contributed by atoms with Crippen LogP contribution in [0.5, 0.6) is 0 Å². The molecule has 0 spiro atoms. The number of carbonyl (C=O) groups excluding carboxylic acids is 3. The van der Waals surface area contributed by atoms with E-state index in [0.717, 1.165) is 11.8 Å². The van der Waals surface area contributed by atoms with Crippen LogP contribution in [-0.2, 0) is 19.1 Å². The first kappa shape index (κ1) is 11.2. The summed E-state index contributed by atoms with van der Waals surface area (Å²) in [6.45, 7) is 1.90. The molecule has 12 heavy (non-hydrogen) atoms. The van der Waals surface area contributed by atoms with Crippen molar-refractivity contribution in [2.75, 3.05) is 6.61 Å². The summed E-state index contributed by atoms with van der Waals surface area (Å²) in [6.07, 6.45) is 0.386. The van der Waals surface area contributed by atoms with E-state index in [2.05, 4.69) is 4.74 Å². The highest BCUT2D eigenvalue weighted by atomic mass is 32.2. The molecule has 4 nitrogen and oxygen atoms in total. The van der Waals surface area contributed by atoms with E-state index in [9.17, 15) is 14.4 Å². The van der Waals surface area contributed by atoms with E-state index in [1.165, 1.54) is 6.92 Å². The Labute approximate surface area is 74.7 Å². The number of hydrogen-bond donors (Lipinski definition) is 0. The van der Waals surface area contributed by atoms with E-state index in [0.29, 0.717) is 18.5 Å². The SMILES string of the molecule is CC(=O)C(CCOC=O)SC=O. The fourth-order valence-corrected chi connectivity index (χ4v) is 1.22. The van der Waals surface area contributed by atoms with Gasteiger partial charge in [0, 0.05) is 6.42 Å². The van der Waals surface area contributed by atoms with E-state index in [1.807, 2.05) is 0 Å². The molecule has 0 aromatic heterocycles. The van der Waals surface area contributed by atoms with Crippen LogP contribution in [0, 0.1) is 0 Å². The van der Waals surface area contributed by atoms with Crippen molar-refractivity contribution in [2.45, 2.75) is 18.6 Å². The quantitative estimate of drug-likeness (QED) is 0.430. The summed E-state index contributed by atoms with van der Waals surface area (Å²) in [6, 6.07) is 0. The number of rotatable bonds is 7. The molecular formula is C7H10O4S. The van der Waals surface area contributed by atoms with Gasteiger partial charge in [0.2, 0.25) is 0 Å². The Kier molecular flexibility index (Phi) is 6.37. The van der Waals surface area contributed by atoms with Gasteiger partial charge in [-0.1, -0.05) is 11.8 Å². The van der Waals surface area contributed by atoms with Gasteiger partial charge in [-0.15, -0.1) is 0 Å². The second kappa shape index (κ2) is 6.84. The molecule has 0 aliphatic heterocycles. The standard InChI is InChI=1S/C7H10O4S/c1-6(10)7(12-5-9)2-3-11-4-8/h4-5,7H,2-3H2,1H3. The molecule has 5 heteroatoms. The zero-order valence-electron chi connectivity index (χ0n) is 6.69. The van der Waals surface area contributed by atoms with Crippen LogP contribution in [0.3, 0.4) is 0 Å². The van der Waals surface area contributed by atoms with E-state index in [-0.39, 0.29) is 17.6 Å². The minimum absolute atomic E-state index is 0.0819. The maximum absolute atomic E-state index is 10.8. The number of carbonyl (C=O) groups is 3. The van der Waals surface area contributed by atoms with Gasteiger partial charge in [0.15, 0.2) is 5.62 Å². The minimum Gasteiger partial charge on any atom is -0.468 e. The second-order valence-corrected chi connectivity index (χ2v) is 3.12. The molecule has 1 atom stereocenters. The van der Waals surface area contributed by atoms with Gasteiger partial charge in [-0.3, -0.25) is 14.4 Å². The topological polar surface area (TPSA) is 60.4 Å². The minimum atomic E-state index is -0.387. The zero-order valence-corrected chi connectivity index (χ0v) is 7.50. The predicted molar refractivity (Wildman–Crippen MR) is 45.4 cm³/mol. The molecule has 1 unspecified atom stereocenters. The molecule has 0 radical (unpaired) electrons. The van der Waals surface area contributed by atoms with Crippen molar-refractivity contribution in [3.63, 3.8) is 0 Å². The lowest BCUT2D eigenvalue weighted by molar-refractivity contribution is -0.129. The van der Waals surface area contributed by atoms with Crippen LogP contribution in [0.4, 0.5) is 0 Å². The summed E-state index contributed by atoms with van der Waals surface area (Å²) in [7, 11) is 0. The van der Waals surface area contributed by atoms with E-state index < -0.39 is 0 Å². The Bertz CT molecular complexity index is 169. The summed E-state index contributed by atoms with van der Waals surface area (Å²) in [5, 5.41) is -0.387. The van der Waals surface area contributed by atoms with Crippen molar-refractivity contribution in [3.05, 3.63) is 0 Å². The van der Waals surface area contributed by atoms with Crippen molar-refractivity contribution in [1.82, 2.24) is 0 Å². The molecule has 0 aliphatic carbocycles. The monoisotopic (exact) mass is 190 g/mol. The van der Waals surface area contributed by atoms with Crippen LogP contribution in [0.2, 0.25) is 0 Å². The van der Waals surface area contributed by atoms with Crippen molar-refractivity contribution in [1.29, 1.82) is 0 Å². The first-order valence-electron chi connectivity index (χ1n) is 3.37. The first-order valence-corrected chi connectivity index (χ1v) is 4.31. The van der Waals surface area contributed by atoms with Crippen LogP contribution >= 0.6 is 11.8 Å². The van der Waals surface area contributed by atoms with Crippen LogP contribution in [0.25, 0.3) is 0 Å². The van der Waals surface area contributed by atoms with Crippen LogP contribution in [0.15, 0.2) is 0 Å². The number of hydrogen-bond acceptors (Lipinski definition) is 5. The summed E-state index contributed by atoms with van der Waals surface area (Å²) in [5.74, 6) is -0.0819. The highest BCUT2D eigenvalue weighted by Gasteiger charge is 2.13. The average Bonchev–Trinajstić information content (AvgIpc) is 2.03. The van der Waals surface area contributed by atoms with Gasteiger partial charge >= 0.3 is 0 Å². The first-order chi connectivity index (χ1) is 5.72. The molecule has 0 aromatic rings. The molecule has 0 bridgehead atoms. The van der Waals surface area contributed by atoms with Crippen molar-refractivity contribution < 1.29 is 19.1 Å². The normalized spacial score (nSPS) is 11.8. The summed E-state index contributed by atoms with van der Waals surface area (Å²) in [5.41, 5.74) is 0.618. The number of Topliss-reactive ketones (excluding diaryl/α,β-unsaturated/α-hetero) is 1. The molecule has 0 saturated carbocycles. The molecule has 0 N–H and O–H groups in total. The Hall–Kier alpha value is -0.840. The van der Waals surface area contributed by atoms with E-state index in [1.54, 1.807) is 0 Å². The average molecular weight is 190 g/mol. The zero-order chi connectivity index (χ0) is 9.40. The Morgan fingerprint density at radius 2 is 2.25 bits per heavy atom. The predicted octanol–water partition coefficient (Wildman–Crippen LogP) is 0.430. The largest absolute Gasteiger partial charge is 0.468 e. The van der Waals surface area contributed by atoms with Crippen LogP contribution in [-0.4, -0.2) is 29.7 Å². The molecule has 0 fully saturated rings. The Morgan fingerprint density at radius 1 is 1.58 bits per heavy atom. The van der Waals surface area contributed by atoms with Crippen molar-refractivity contribution >= 4 is 29.6 Å². The van der Waals surface area contributed by atoms with Gasteiger partial charge in [0.05, 0.1) is 11.9 Å².